The van der Waals surface area contributed by atoms with Crippen LogP contribution in [0.5, 0.6) is 0 Å². The molecule has 0 unspecified atom stereocenters. The number of sulfonamides is 1. The Morgan fingerprint density at radius 1 is 1.22 bits per heavy atom. The molecule has 0 aliphatic rings. The quantitative estimate of drug-likeness (QED) is 0.881. The molecule has 0 saturated carbocycles. The number of rotatable bonds is 5. The summed E-state index contributed by atoms with van der Waals surface area (Å²) in [6, 6.07) is 5.46. The van der Waals surface area contributed by atoms with Gasteiger partial charge in [-0.2, -0.15) is 0 Å². The fourth-order valence-corrected chi connectivity index (χ4v) is 2.78. The number of aryl methyl sites for hydroxylation is 2. The van der Waals surface area contributed by atoms with Gasteiger partial charge in [-0.25, -0.2) is 8.42 Å². The summed E-state index contributed by atoms with van der Waals surface area (Å²) in [6.45, 7) is 3.77. The Morgan fingerprint density at radius 3 is 2.17 bits per heavy atom. The lowest BCUT2D eigenvalue weighted by Gasteiger charge is -2.20. The fourth-order valence-electron chi connectivity index (χ4n) is 1.65. The van der Waals surface area contributed by atoms with Crippen molar-refractivity contribution in [1.82, 2.24) is 0 Å². The Kier molecular flexibility index (Phi) is 4.34. The standard InChI is InChI=1S/C12H17NO4S/c1-9-6-10(2)8-11(7-9)13(3)18(16,17)5-4-12(14)15/h6-8H,4-5H2,1-3H3,(H,14,15). The molecular formula is C12H17NO4S. The first-order chi connectivity index (χ1) is 8.22. The van der Waals surface area contributed by atoms with Crippen LogP contribution in [0.15, 0.2) is 18.2 Å². The largest absolute Gasteiger partial charge is 0.481 e. The molecule has 1 aromatic carbocycles. The molecule has 0 radical (unpaired) electrons. The van der Waals surface area contributed by atoms with Gasteiger partial charge < -0.3 is 5.11 Å². The summed E-state index contributed by atoms with van der Waals surface area (Å²) in [7, 11) is -2.15. The molecule has 6 heteroatoms. The molecule has 1 aromatic rings. The molecule has 0 saturated heterocycles. The maximum Gasteiger partial charge on any atom is 0.304 e. The summed E-state index contributed by atoms with van der Waals surface area (Å²) >= 11 is 0. The van der Waals surface area contributed by atoms with Crippen LogP contribution in [0.1, 0.15) is 17.5 Å². The van der Waals surface area contributed by atoms with Crippen molar-refractivity contribution >= 4 is 21.7 Å². The number of nitrogens with zero attached hydrogens (tertiary/aromatic N) is 1. The first-order valence-electron chi connectivity index (χ1n) is 5.49. The Hall–Kier alpha value is -1.56. The summed E-state index contributed by atoms with van der Waals surface area (Å²) in [5, 5.41) is 8.53. The molecule has 0 amide bonds. The third-order valence-corrected chi connectivity index (χ3v) is 4.33. The van der Waals surface area contributed by atoms with Crippen molar-refractivity contribution in [2.75, 3.05) is 17.1 Å². The van der Waals surface area contributed by atoms with Crippen LogP contribution in [0.3, 0.4) is 0 Å². The zero-order valence-corrected chi connectivity index (χ0v) is 11.5. The molecular weight excluding hydrogens is 254 g/mol. The Bertz CT molecular complexity index is 531. The van der Waals surface area contributed by atoms with E-state index in [0.717, 1.165) is 15.4 Å². The van der Waals surface area contributed by atoms with E-state index in [-0.39, 0.29) is 0 Å². The average Bonchev–Trinajstić information content (AvgIpc) is 2.24. The molecule has 1 N–H and O–H groups in total. The molecule has 100 valence electrons. The van der Waals surface area contributed by atoms with Gasteiger partial charge in [-0.05, 0) is 37.1 Å². The van der Waals surface area contributed by atoms with E-state index >= 15 is 0 Å². The second-order valence-electron chi connectivity index (χ2n) is 4.27. The Labute approximate surface area is 107 Å². The van der Waals surface area contributed by atoms with Crippen molar-refractivity contribution in [2.24, 2.45) is 0 Å². The van der Waals surface area contributed by atoms with Gasteiger partial charge in [-0.3, -0.25) is 9.10 Å². The lowest BCUT2D eigenvalue weighted by molar-refractivity contribution is -0.136. The normalized spacial score (nSPS) is 11.3. The van der Waals surface area contributed by atoms with E-state index < -0.39 is 28.2 Å². The monoisotopic (exact) mass is 271 g/mol. The molecule has 1 rings (SSSR count). The highest BCUT2D eigenvalue weighted by Crippen LogP contribution is 2.20. The Balaban J connectivity index is 2.98. The van der Waals surface area contributed by atoms with Gasteiger partial charge in [0.25, 0.3) is 0 Å². The van der Waals surface area contributed by atoms with Gasteiger partial charge in [0.05, 0.1) is 17.9 Å². The molecule has 0 bridgehead atoms. The van der Waals surface area contributed by atoms with E-state index in [0.29, 0.717) is 5.69 Å². The minimum absolute atomic E-state index is 0.391. The second-order valence-corrected chi connectivity index (χ2v) is 6.39. The third kappa shape index (κ3) is 3.73. The summed E-state index contributed by atoms with van der Waals surface area (Å²) in [5.74, 6) is -1.52. The first-order valence-corrected chi connectivity index (χ1v) is 7.10. The van der Waals surface area contributed by atoms with Crippen LogP contribution in [-0.4, -0.2) is 32.3 Å². The molecule has 0 heterocycles. The third-order valence-electron chi connectivity index (χ3n) is 2.56. The number of anilines is 1. The highest BCUT2D eigenvalue weighted by atomic mass is 32.2. The number of carbonyl (C=O) groups is 1. The first kappa shape index (κ1) is 14.5. The predicted molar refractivity (Wildman–Crippen MR) is 70.4 cm³/mol. The smallest absolute Gasteiger partial charge is 0.304 e. The van der Waals surface area contributed by atoms with Crippen molar-refractivity contribution in [3.63, 3.8) is 0 Å². The van der Waals surface area contributed by atoms with E-state index in [2.05, 4.69) is 0 Å². The summed E-state index contributed by atoms with van der Waals surface area (Å²) in [4.78, 5) is 10.4. The van der Waals surface area contributed by atoms with Crippen molar-refractivity contribution < 1.29 is 18.3 Å². The van der Waals surface area contributed by atoms with E-state index in [4.69, 9.17) is 5.11 Å². The van der Waals surface area contributed by atoms with Crippen molar-refractivity contribution in [1.29, 1.82) is 0 Å². The molecule has 0 spiro atoms. The zero-order valence-electron chi connectivity index (χ0n) is 10.7. The highest BCUT2D eigenvalue weighted by molar-refractivity contribution is 7.92. The van der Waals surface area contributed by atoms with Crippen LogP contribution in [-0.2, 0) is 14.8 Å². The van der Waals surface area contributed by atoms with Crippen molar-refractivity contribution in [3.05, 3.63) is 29.3 Å². The zero-order chi connectivity index (χ0) is 13.9. The molecule has 0 aromatic heterocycles. The van der Waals surface area contributed by atoms with Crippen LogP contribution in [0.25, 0.3) is 0 Å². The number of carboxylic acids is 1. The van der Waals surface area contributed by atoms with Crippen LogP contribution in [0.4, 0.5) is 5.69 Å². The molecule has 0 aliphatic carbocycles. The van der Waals surface area contributed by atoms with Crippen LogP contribution in [0.2, 0.25) is 0 Å². The predicted octanol–water partition coefficient (Wildman–Crippen LogP) is 1.54. The van der Waals surface area contributed by atoms with Gasteiger partial charge in [0.1, 0.15) is 0 Å². The molecule has 5 nitrogen and oxygen atoms in total. The van der Waals surface area contributed by atoms with E-state index in [1.54, 1.807) is 12.1 Å². The number of aliphatic carboxylic acids is 1. The highest BCUT2D eigenvalue weighted by Gasteiger charge is 2.19. The number of hydrogen-bond acceptors (Lipinski definition) is 3. The lowest BCUT2D eigenvalue weighted by Crippen LogP contribution is -2.30. The number of benzene rings is 1. The summed E-state index contributed by atoms with van der Waals surface area (Å²) < 4.78 is 25.0. The number of carboxylic acid groups (broad SMARTS) is 1. The van der Waals surface area contributed by atoms with Gasteiger partial charge in [0, 0.05) is 7.05 Å². The van der Waals surface area contributed by atoms with E-state index in [1.165, 1.54) is 7.05 Å². The van der Waals surface area contributed by atoms with Crippen LogP contribution < -0.4 is 4.31 Å². The molecule has 0 aliphatic heterocycles. The fraction of sp³-hybridized carbons (Fsp3) is 0.417. The maximum atomic E-state index is 11.9. The Morgan fingerprint density at radius 2 is 1.72 bits per heavy atom. The molecule has 18 heavy (non-hydrogen) atoms. The summed E-state index contributed by atoms with van der Waals surface area (Å²) in [6.07, 6.45) is -0.391. The maximum absolute atomic E-state index is 11.9. The second kappa shape index (κ2) is 5.39. The van der Waals surface area contributed by atoms with Crippen LogP contribution in [0, 0.1) is 13.8 Å². The van der Waals surface area contributed by atoms with E-state index in [9.17, 15) is 13.2 Å². The average molecular weight is 271 g/mol. The molecule has 0 atom stereocenters. The molecule has 0 fully saturated rings. The minimum Gasteiger partial charge on any atom is -0.481 e. The van der Waals surface area contributed by atoms with Gasteiger partial charge in [0.15, 0.2) is 0 Å². The SMILES string of the molecule is Cc1cc(C)cc(N(C)S(=O)(=O)CCC(=O)O)c1. The van der Waals surface area contributed by atoms with Gasteiger partial charge >= 0.3 is 5.97 Å². The van der Waals surface area contributed by atoms with Gasteiger partial charge in [-0.15, -0.1) is 0 Å². The van der Waals surface area contributed by atoms with Gasteiger partial charge in [0.2, 0.25) is 10.0 Å². The van der Waals surface area contributed by atoms with Gasteiger partial charge in [-0.1, -0.05) is 6.07 Å². The lowest BCUT2D eigenvalue weighted by atomic mass is 10.1. The van der Waals surface area contributed by atoms with Crippen molar-refractivity contribution in [3.8, 4) is 0 Å². The van der Waals surface area contributed by atoms with Crippen LogP contribution >= 0.6 is 0 Å². The topological polar surface area (TPSA) is 74.7 Å². The summed E-state index contributed by atoms with van der Waals surface area (Å²) in [5.41, 5.74) is 2.48. The number of hydrogen-bond donors (Lipinski definition) is 1. The minimum atomic E-state index is -3.59. The van der Waals surface area contributed by atoms with Crippen molar-refractivity contribution in [2.45, 2.75) is 20.3 Å². The van der Waals surface area contributed by atoms with E-state index in [1.807, 2.05) is 19.9 Å².